The van der Waals surface area contributed by atoms with Crippen molar-refractivity contribution in [3.8, 4) is 22.3 Å². The van der Waals surface area contributed by atoms with Crippen LogP contribution in [0, 0.1) is 10.8 Å². The van der Waals surface area contributed by atoms with E-state index in [0.29, 0.717) is 5.92 Å². The van der Waals surface area contributed by atoms with E-state index in [9.17, 15) is 0 Å². The van der Waals surface area contributed by atoms with Gasteiger partial charge in [-0.2, -0.15) is 0 Å². The van der Waals surface area contributed by atoms with E-state index >= 15 is 0 Å². The highest BCUT2D eigenvalue weighted by molar-refractivity contribution is 5.97. The Bertz CT molecular complexity index is 1470. The van der Waals surface area contributed by atoms with E-state index in [1.807, 2.05) is 12.2 Å². The molecule has 0 aliphatic rings. The molecule has 0 N–H and O–H groups in total. The first-order valence-corrected chi connectivity index (χ1v) is 13.7. The van der Waals surface area contributed by atoms with Gasteiger partial charge in [0, 0.05) is 0 Å². The van der Waals surface area contributed by atoms with Gasteiger partial charge in [-0.3, -0.25) is 0 Å². The van der Waals surface area contributed by atoms with Crippen LogP contribution in [-0.4, -0.2) is 0 Å². The molecule has 0 fully saturated rings. The van der Waals surface area contributed by atoms with Crippen molar-refractivity contribution in [2.24, 2.45) is 10.8 Å². The summed E-state index contributed by atoms with van der Waals surface area (Å²) in [5.41, 5.74) is 8.92. The summed E-state index contributed by atoms with van der Waals surface area (Å²) in [6, 6.07) is 31.1. The van der Waals surface area contributed by atoms with Crippen molar-refractivity contribution in [1.29, 1.82) is 0 Å². The molecular formula is C38H42. The van der Waals surface area contributed by atoms with Gasteiger partial charge in [0.1, 0.15) is 0 Å². The number of hydrogen-bond acceptors (Lipinski definition) is 0. The third kappa shape index (κ3) is 6.08. The number of allylic oxidation sites excluding steroid dienone is 4. The third-order valence-electron chi connectivity index (χ3n) is 7.38. The molecule has 0 radical (unpaired) electrons. The van der Waals surface area contributed by atoms with E-state index in [1.54, 1.807) is 0 Å². The van der Waals surface area contributed by atoms with Gasteiger partial charge in [0.05, 0.1) is 0 Å². The first-order valence-electron chi connectivity index (χ1n) is 13.7. The lowest BCUT2D eigenvalue weighted by molar-refractivity contribution is 0.229. The van der Waals surface area contributed by atoms with Crippen molar-refractivity contribution in [2.75, 3.05) is 0 Å². The van der Waals surface area contributed by atoms with Gasteiger partial charge in [0.2, 0.25) is 0 Å². The Morgan fingerprint density at radius 1 is 0.737 bits per heavy atom. The summed E-state index contributed by atoms with van der Waals surface area (Å²) in [6.45, 7) is 22.4. The van der Waals surface area contributed by atoms with E-state index in [0.717, 1.165) is 12.0 Å². The molecule has 0 bridgehead atoms. The van der Waals surface area contributed by atoms with Gasteiger partial charge in [-0.1, -0.05) is 152 Å². The molecule has 0 spiro atoms. The van der Waals surface area contributed by atoms with Crippen LogP contribution in [0.25, 0.3) is 38.6 Å². The lowest BCUT2D eigenvalue weighted by Gasteiger charge is -2.37. The molecule has 0 aliphatic heterocycles. The van der Waals surface area contributed by atoms with Crippen LogP contribution in [0.3, 0.4) is 0 Å². The number of rotatable bonds is 7. The highest BCUT2D eigenvalue weighted by Gasteiger charge is 2.32. The van der Waals surface area contributed by atoms with Gasteiger partial charge >= 0.3 is 0 Å². The van der Waals surface area contributed by atoms with Crippen LogP contribution < -0.4 is 0 Å². The topological polar surface area (TPSA) is 0 Å². The molecule has 0 aromatic heterocycles. The summed E-state index contributed by atoms with van der Waals surface area (Å²) >= 11 is 0. The van der Waals surface area contributed by atoms with Crippen LogP contribution >= 0.6 is 0 Å². The lowest BCUT2D eigenvalue weighted by Crippen LogP contribution is -2.24. The van der Waals surface area contributed by atoms with Crippen molar-refractivity contribution in [3.05, 3.63) is 127 Å². The predicted octanol–water partition coefficient (Wildman–Crippen LogP) is 11.5. The number of fused-ring (bicyclic) bond motifs is 1. The van der Waals surface area contributed by atoms with Crippen LogP contribution in [0.5, 0.6) is 0 Å². The molecule has 1 unspecified atom stereocenters. The molecule has 194 valence electrons. The molecule has 0 amide bonds. The second-order valence-corrected chi connectivity index (χ2v) is 12.7. The fourth-order valence-electron chi connectivity index (χ4n) is 5.52. The molecule has 0 saturated carbocycles. The molecule has 0 heteroatoms. The molecule has 38 heavy (non-hydrogen) atoms. The van der Waals surface area contributed by atoms with Gasteiger partial charge in [-0.25, -0.2) is 0 Å². The van der Waals surface area contributed by atoms with E-state index in [4.69, 9.17) is 0 Å². The van der Waals surface area contributed by atoms with Crippen LogP contribution in [0.2, 0.25) is 0 Å². The van der Waals surface area contributed by atoms with Crippen molar-refractivity contribution in [1.82, 2.24) is 0 Å². The maximum atomic E-state index is 4.20. The minimum absolute atomic E-state index is 0.107. The van der Waals surface area contributed by atoms with E-state index in [2.05, 4.69) is 146 Å². The van der Waals surface area contributed by atoms with Crippen molar-refractivity contribution < 1.29 is 0 Å². The van der Waals surface area contributed by atoms with Gasteiger partial charge in [0.15, 0.2) is 0 Å². The lowest BCUT2D eigenvalue weighted by atomic mass is 9.68. The Morgan fingerprint density at radius 2 is 1.39 bits per heavy atom. The molecular weight excluding hydrogens is 456 g/mol. The zero-order valence-electron chi connectivity index (χ0n) is 24.0. The second kappa shape index (κ2) is 11.0. The minimum Gasteiger partial charge on any atom is -0.0990 e. The Kier molecular flexibility index (Phi) is 7.93. The van der Waals surface area contributed by atoms with E-state index in [-0.39, 0.29) is 10.8 Å². The normalized spacial score (nSPS) is 13.4. The van der Waals surface area contributed by atoms with Crippen molar-refractivity contribution in [3.63, 3.8) is 0 Å². The summed E-state index contributed by atoms with van der Waals surface area (Å²) in [5, 5.41) is 2.51. The van der Waals surface area contributed by atoms with Crippen molar-refractivity contribution >= 4 is 16.3 Å². The van der Waals surface area contributed by atoms with Crippen LogP contribution in [-0.2, 0) is 0 Å². The second-order valence-electron chi connectivity index (χ2n) is 12.7. The van der Waals surface area contributed by atoms with Gasteiger partial charge in [0.25, 0.3) is 0 Å². The number of benzene rings is 4. The molecule has 4 aromatic rings. The predicted molar refractivity (Wildman–Crippen MR) is 169 cm³/mol. The highest BCUT2D eigenvalue weighted by Crippen LogP contribution is 2.47. The molecule has 1 atom stereocenters. The van der Waals surface area contributed by atoms with Crippen LogP contribution in [0.4, 0.5) is 0 Å². The molecule has 0 saturated heterocycles. The van der Waals surface area contributed by atoms with Gasteiger partial charge in [-0.05, 0) is 79.0 Å². The first-order chi connectivity index (χ1) is 18.0. The fraction of sp³-hybridized carbons (Fsp3) is 0.263. The summed E-state index contributed by atoms with van der Waals surface area (Å²) in [4.78, 5) is 0. The summed E-state index contributed by atoms with van der Waals surface area (Å²) in [7, 11) is 0. The Morgan fingerprint density at radius 3 is 2.00 bits per heavy atom. The molecule has 0 nitrogen and oxygen atoms in total. The van der Waals surface area contributed by atoms with Gasteiger partial charge < -0.3 is 0 Å². The van der Waals surface area contributed by atoms with E-state index < -0.39 is 0 Å². The largest absolute Gasteiger partial charge is 0.0990 e. The average Bonchev–Trinajstić information content (AvgIpc) is 2.89. The maximum absolute atomic E-state index is 4.20. The zero-order valence-corrected chi connectivity index (χ0v) is 24.0. The van der Waals surface area contributed by atoms with Crippen molar-refractivity contribution in [2.45, 2.75) is 53.9 Å². The third-order valence-corrected chi connectivity index (χ3v) is 7.38. The maximum Gasteiger partial charge on any atom is -0.00266 e. The zero-order chi connectivity index (χ0) is 27.5. The Hall–Kier alpha value is -3.64. The Balaban J connectivity index is 2.13. The Labute approximate surface area is 230 Å². The standard InChI is InChI=1S/C38H42/c1-9-16-27(10-2)33-24-32(35(38(6,7)8)26-37(3,4)5)25-34(36(33)29-18-12-11-13-19-29)31-22-21-28-17-14-15-20-30(28)23-31/h9-25,35H,1-2,26H2,3-8H3/b27-16+. The quantitative estimate of drug-likeness (QED) is 0.222. The summed E-state index contributed by atoms with van der Waals surface area (Å²) < 4.78 is 0. The highest BCUT2D eigenvalue weighted by atomic mass is 14.4. The molecule has 0 heterocycles. The first kappa shape index (κ1) is 27.4. The number of hydrogen-bond donors (Lipinski definition) is 0. The average molecular weight is 499 g/mol. The van der Waals surface area contributed by atoms with E-state index in [1.165, 1.54) is 44.2 Å². The van der Waals surface area contributed by atoms with Crippen LogP contribution in [0.15, 0.2) is 116 Å². The SMILES string of the molecule is C=C/C=C(\C=C)c1cc(C(CC(C)(C)C)C(C)(C)C)cc(-c2ccc3ccccc3c2)c1-c1ccccc1. The minimum atomic E-state index is 0.107. The smallest absolute Gasteiger partial charge is 0.00266 e. The fourth-order valence-corrected chi connectivity index (χ4v) is 5.52. The monoisotopic (exact) mass is 498 g/mol. The molecule has 0 aliphatic carbocycles. The summed E-state index contributed by atoms with van der Waals surface area (Å²) in [6.07, 6.45) is 7.02. The summed E-state index contributed by atoms with van der Waals surface area (Å²) in [5.74, 6) is 0.389. The van der Waals surface area contributed by atoms with Gasteiger partial charge in [-0.15, -0.1) is 0 Å². The molecule has 4 rings (SSSR count). The van der Waals surface area contributed by atoms with Crippen LogP contribution in [0.1, 0.15) is 65.0 Å². The molecule has 4 aromatic carbocycles.